The van der Waals surface area contributed by atoms with Gasteiger partial charge in [-0.2, -0.15) is 0 Å². The number of halogens is 1. The molecule has 84 valence electrons. The first-order chi connectivity index (χ1) is 7.75. The Balaban J connectivity index is 2.08. The van der Waals surface area contributed by atoms with Crippen molar-refractivity contribution in [1.82, 2.24) is 9.97 Å². The summed E-state index contributed by atoms with van der Waals surface area (Å²) in [6.45, 7) is 2.91. The van der Waals surface area contributed by atoms with E-state index in [4.69, 9.17) is 16.3 Å². The molecule has 1 saturated heterocycles. The summed E-state index contributed by atoms with van der Waals surface area (Å²) < 4.78 is 5.55. The molecule has 0 bridgehead atoms. The Morgan fingerprint density at radius 1 is 1.50 bits per heavy atom. The lowest BCUT2D eigenvalue weighted by atomic mass is 10.0. The first-order valence-corrected chi connectivity index (χ1v) is 5.89. The number of hydrogen-bond donors (Lipinski definition) is 1. The second-order valence-electron chi connectivity index (χ2n) is 4.23. The van der Waals surface area contributed by atoms with Gasteiger partial charge in [0, 0.05) is 12.5 Å². The monoisotopic (exact) mass is 236 g/mol. The van der Waals surface area contributed by atoms with Crippen molar-refractivity contribution in [3.8, 4) is 0 Å². The predicted molar refractivity (Wildman–Crippen MR) is 63.9 cm³/mol. The fourth-order valence-electron chi connectivity index (χ4n) is 2.28. The van der Waals surface area contributed by atoms with E-state index < -0.39 is 0 Å². The van der Waals surface area contributed by atoms with Gasteiger partial charge in [-0.1, -0.05) is 17.7 Å². The number of aromatic amines is 1. The van der Waals surface area contributed by atoms with Crippen molar-refractivity contribution < 1.29 is 4.74 Å². The highest BCUT2D eigenvalue weighted by Crippen LogP contribution is 2.31. The van der Waals surface area contributed by atoms with Crippen molar-refractivity contribution in [3.63, 3.8) is 0 Å². The van der Waals surface area contributed by atoms with Crippen LogP contribution < -0.4 is 0 Å². The zero-order valence-electron chi connectivity index (χ0n) is 9.03. The molecule has 3 rings (SSSR count). The van der Waals surface area contributed by atoms with E-state index in [-0.39, 0.29) is 6.10 Å². The SMILES string of the molecule is CC1OCCC1c1nc2c(Cl)cccc2[nH]1. The van der Waals surface area contributed by atoms with Crippen LogP contribution in [-0.2, 0) is 4.74 Å². The average molecular weight is 237 g/mol. The number of aromatic nitrogens is 2. The predicted octanol–water partition coefficient (Wildman–Crippen LogP) is 3.11. The zero-order valence-corrected chi connectivity index (χ0v) is 9.79. The molecule has 0 radical (unpaired) electrons. The maximum absolute atomic E-state index is 6.10. The largest absolute Gasteiger partial charge is 0.378 e. The molecule has 2 unspecified atom stereocenters. The minimum absolute atomic E-state index is 0.235. The minimum Gasteiger partial charge on any atom is -0.378 e. The summed E-state index contributed by atoms with van der Waals surface area (Å²) in [6.07, 6.45) is 1.26. The fourth-order valence-corrected chi connectivity index (χ4v) is 2.50. The lowest BCUT2D eigenvalue weighted by Gasteiger charge is -2.09. The van der Waals surface area contributed by atoms with Crippen molar-refractivity contribution in [2.75, 3.05) is 6.61 Å². The number of imidazole rings is 1. The lowest BCUT2D eigenvalue weighted by Crippen LogP contribution is -2.10. The van der Waals surface area contributed by atoms with Crippen molar-refractivity contribution in [1.29, 1.82) is 0 Å². The topological polar surface area (TPSA) is 37.9 Å². The van der Waals surface area contributed by atoms with Crippen LogP contribution >= 0.6 is 11.6 Å². The summed E-state index contributed by atoms with van der Waals surface area (Å²) in [6, 6.07) is 5.79. The Morgan fingerprint density at radius 2 is 2.38 bits per heavy atom. The van der Waals surface area contributed by atoms with Gasteiger partial charge in [-0.25, -0.2) is 4.98 Å². The molecule has 1 aliphatic rings. The summed E-state index contributed by atoms with van der Waals surface area (Å²) in [5.74, 6) is 1.36. The van der Waals surface area contributed by atoms with Gasteiger partial charge in [0.05, 0.1) is 16.6 Å². The van der Waals surface area contributed by atoms with Crippen LogP contribution in [0.1, 0.15) is 25.1 Å². The third-order valence-electron chi connectivity index (χ3n) is 3.21. The second-order valence-corrected chi connectivity index (χ2v) is 4.64. The molecule has 4 heteroatoms. The van der Waals surface area contributed by atoms with Crippen molar-refractivity contribution in [2.24, 2.45) is 0 Å². The molecule has 2 atom stereocenters. The maximum Gasteiger partial charge on any atom is 0.113 e. The van der Waals surface area contributed by atoms with E-state index in [1.165, 1.54) is 0 Å². The molecule has 0 spiro atoms. The lowest BCUT2D eigenvalue weighted by molar-refractivity contribution is 0.117. The Bertz CT molecular complexity index is 523. The molecule has 1 aromatic heterocycles. The number of rotatable bonds is 1. The van der Waals surface area contributed by atoms with Gasteiger partial charge in [-0.3, -0.25) is 0 Å². The van der Waals surface area contributed by atoms with Crippen LogP contribution in [0.4, 0.5) is 0 Å². The molecule has 1 fully saturated rings. The second kappa shape index (κ2) is 3.75. The summed E-state index contributed by atoms with van der Waals surface area (Å²) >= 11 is 6.10. The molecule has 1 N–H and O–H groups in total. The number of benzene rings is 1. The van der Waals surface area contributed by atoms with E-state index in [2.05, 4.69) is 16.9 Å². The fraction of sp³-hybridized carbons (Fsp3) is 0.417. The van der Waals surface area contributed by atoms with E-state index in [0.29, 0.717) is 10.9 Å². The molecule has 16 heavy (non-hydrogen) atoms. The van der Waals surface area contributed by atoms with Crippen LogP contribution in [0.2, 0.25) is 5.02 Å². The third-order valence-corrected chi connectivity index (χ3v) is 3.51. The van der Waals surface area contributed by atoms with Gasteiger partial charge in [0.2, 0.25) is 0 Å². The highest BCUT2D eigenvalue weighted by atomic mass is 35.5. The van der Waals surface area contributed by atoms with E-state index >= 15 is 0 Å². The third kappa shape index (κ3) is 1.51. The smallest absolute Gasteiger partial charge is 0.113 e. The number of H-pyrrole nitrogens is 1. The normalized spacial score (nSPS) is 25.4. The standard InChI is InChI=1S/C12H13ClN2O/c1-7-8(5-6-16-7)12-14-10-4-2-3-9(13)11(10)15-12/h2-4,7-8H,5-6H2,1H3,(H,14,15). The van der Waals surface area contributed by atoms with Gasteiger partial charge >= 0.3 is 0 Å². The van der Waals surface area contributed by atoms with E-state index in [0.717, 1.165) is 29.9 Å². The van der Waals surface area contributed by atoms with Crippen LogP contribution in [0.5, 0.6) is 0 Å². The molecule has 0 amide bonds. The summed E-state index contributed by atoms with van der Waals surface area (Å²) in [4.78, 5) is 7.91. The first-order valence-electron chi connectivity index (χ1n) is 5.51. The van der Waals surface area contributed by atoms with E-state index in [1.54, 1.807) is 0 Å². The number of nitrogens with zero attached hydrogens (tertiary/aromatic N) is 1. The summed E-state index contributed by atoms with van der Waals surface area (Å²) in [5, 5.41) is 0.701. The molecule has 1 aromatic carbocycles. The van der Waals surface area contributed by atoms with Gasteiger partial charge in [0.15, 0.2) is 0 Å². The molecular weight excluding hydrogens is 224 g/mol. The minimum atomic E-state index is 0.235. The van der Waals surface area contributed by atoms with Crippen LogP contribution in [0.3, 0.4) is 0 Å². The molecule has 2 heterocycles. The van der Waals surface area contributed by atoms with Crippen molar-refractivity contribution >= 4 is 22.6 Å². The highest BCUT2D eigenvalue weighted by molar-refractivity contribution is 6.34. The molecule has 3 nitrogen and oxygen atoms in total. The Hall–Kier alpha value is -1.06. The Morgan fingerprint density at radius 3 is 3.06 bits per heavy atom. The number of hydrogen-bond acceptors (Lipinski definition) is 2. The van der Waals surface area contributed by atoms with Crippen LogP contribution in [0.25, 0.3) is 11.0 Å². The van der Waals surface area contributed by atoms with Crippen molar-refractivity contribution in [3.05, 3.63) is 29.0 Å². The first kappa shape index (κ1) is 10.1. The molecule has 2 aromatic rings. The summed E-state index contributed by atoms with van der Waals surface area (Å²) in [7, 11) is 0. The van der Waals surface area contributed by atoms with E-state index in [9.17, 15) is 0 Å². The zero-order chi connectivity index (χ0) is 11.1. The van der Waals surface area contributed by atoms with Gasteiger partial charge in [0.1, 0.15) is 11.3 Å². The number of para-hydroxylation sites is 1. The quantitative estimate of drug-likeness (QED) is 0.826. The number of fused-ring (bicyclic) bond motifs is 1. The van der Waals surface area contributed by atoms with Crippen LogP contribution in [0, 0.1) is 0 Å². The number of nitrogens with one attached hydrogen (secondary N) is 1. The molecular formula is C12H13ClN2O. The molecule has 0 saturated carbocycles. The van der Waals surface area contributed by atoms with Gasteiger partial charge in [-0.05, 0) is 25.5 Å². The molecule has 1 aliphatic heterocycles. The Kier molecular flexibility index (Phi) is 2.37. The van der Waals surface area contributed by atoms with Crippen molar-refractivity contribution in [2.45, 2.75) is 25.4 Å². The van der Waals surface area contributed by atoms with Gasteiger partial charge in [-0.15, -0.1) is 0 Å². The Labute approximate surface area is 98.8 Å². The molecule has 0 aliphatic carbocycles. The highest BCUT2D eigenvalue weighted by Gasteiger charge is 2.28. The maximum atomic E-state index is 6.10. The average Bonchev–Trinajstić information content (AvgIpc) is 2.84. The summed E-state index contributed by atoms with van der Waals surface area (Å²) in [5.41, 5.74) is 1.86. The van der Waals surface area contributed by atoms with Crippen LogP contribution in [0.15, 0.2) is 18.2 Å². The van der Waals surface area contributed by atoms with Gasteiger partial charge < -0.3 is 9.72 Å². The van der Waals surface area contributed by atoms with E-state index in [1.807, 2.05) is 18.2 Å². The van der Waals surface area contributed by atoms with Crippen LogP contribution in [-0.4, -0.2) is 22.7 Å². The number of ether oxygens (including phenoxy) is 1. The van der Waals surface area contributed by atoms with Gasteiger partial charge in [0.25, 0.3) is 0 Å².